The fourth-order valence-electron chi connectivity index (χ4n) is 1.96. The SMILES string of the molecule is CCc1nc2n(c1Br)CCC(C(=O)O)C2. The van der Waals surface area contributed by atoms with Crippen LogP contribution in [0.4, 0.5) is 0 Å². The maximum atomic E-state index is 10.9. The number of aliphatic carboxylic acids is 1. The highest BCUT2D eigenvalue weighted by Crippen LogP contribution is 2.27. The third kappa shape index (κ3) is 1.80. The zero-order valence-corrected chi connectivity index (χ0v) is 10.1. The molecular formula is C10H13BrN2O2. The largest absolute Gasteiger partial charge is 0.481 e. The van der Waals surface area contributed by atoms with Crippen LogP contribution >= 0.6 is 15.9 Å². The standard InChI is InChI=1S/C10H13BrN2O2/c1-2-7-9(11)13-4-3-6(10(14)15)5-8(13)12-7/h6H,2-5H2,1H3,(H,14,15). The summed E-state index contributed by atoms with van der Waals surface area (Å²) in [4.78, 5) is 15.3. The fraction of sp³-hybridized carbons (Fsp3) is 0.600. The Morgan fingerprint density at radius 2 is 2.47 bits per heavy atom. The Morgan fingerprint density at radius 1 is 1.73 bits per heavy atom. The molecule has 0 radical (unpaired) electrons. The molecular weight excluding hydrogens is 260 g/mol. The fourth-order valence-corrected chi connectivity index (χ4v) is 2.71. The summed E-state index contributed by atoms with van der Waals surface area (Å²) in [5.74, 6) is -0.0766. The molecule has 1 N–H and O–H groups in total. The molecule has 0 fully saturated rings. The Bertz CT molecular complexity index is 400. The van der Waals surface area contributed by atoms with E-state index in [4.69, 9.17) is 5.11 Å². The van der Waals surface area contributed by atoms with Gasteiger partial charge >= 0.3 is 5.97 Å². The van der Waals surface area contributed by atoms with Gasteiger partial charge in [-0.25, -0.2) is 4.98 Å². The molecule has 0 spiro atoms. The Balaban J connectivity index is 2.31. The quantitative estimate of drug-likeness (QED) is 0.894. The van der Waals surface area contributed by atoms with Crippen molar-refractivity contribution in [3.63, 3.8) is 0 Å². The lowest BCUT2D eigenvalue weighted by Crippen LogP contribution is -2.25. The van der Waals surface area contributed by atoms with Crippen LogP contribution in [-0.4, -0.2) is 20.6 Å². The second kappa shape index (κ2) is 3.96. The smallest absolute Gasteiger partial charge is 0.307 e. The van der Waals surface area contributed by atoms with Gasteiger partial charge in [-0.3, -0.25) is 4.79 Å². The van der Waals surface area contributed by atoms with Crippen molar-refractivity contribution in [3.05, 3.63) is 16.1 Å². The molecule has 5 heteroatoms. The molecule has 0 saturated heterocycles. The first-order valence-electron chi connectivity index (χ1n) is 5.10. The summed E-state index contributed by atoms with van der Waals surface area (Å²) >= 11 is 3.51. The number of halogens is 1. The third-order valence-corrected chi connectivity index (χ3v) is 3.75. The van der Waals surface area contributed by atoms with Crippen molar-refractivity contribution >= 4 is 21.9 Å². The molecule has 0 aliphatic carbocycles. The normalized spacial score (nSPS) is 20.0. The topological polar surface area (TPSA) is 55.1 Å². The molecule has 15 heavy (non-hydrogen) atoms. The highest BCUT2D eigenvalue weighted by atomic mass is 79.9. The summed E-state index contributed by atoms with van der Waals surface area (Å²) in [5.41, 5.74) is 1.02. The summed E-state index contributed by atoms with van der Waals surface area (Å²) in [6.07, 6.45) is 2.12. The molecule has 1 atom stereocenters. The van der Waals surface area contributed by atoms with Gasteiger partial charge in [-0.05, 0) is 28.8 Å². The van der Waals surface area contributed by atoms with Crippen LogP contribution in [0.5, 0.6) is 0 Å². The summed E-state index contributed by atoms with van der Waals surface area (Å²) < 4.78 is 3.10. The van der Waals surface area contributed by atoms with E-state index < -0.39 is 5.97 Å². The lowest BCUT2D eigenvalue weighted by molar-refractivity contribution is -0.142. The predicted octanol–water partition coefficient (Wildman–Crippen LogP) is 1.85. The minimum absolute atomic E-state index is 0.267. The summed E-state index contributed by atoms with van der Waals surface area (Å²) in [7, 11) is 0. The zero-order valence-electron chi connectivity index (χ0n) is 8.53. The Labute approximate surface area is 96.4 Å². The summed E-state index contributed by atoms with van der Waals surface area (Å²) in [6.45, 7) is 2.80. The first-order chi connectivity index (χ1) is 7.13. The van der Waals surface area contributed by atoms with Crippen molar-refractivity contribution in [3.8, 4) is 0 Å². The van der Waals surface area contributed by atoms with Crippen molar-refractivity contribution in [1.29, 1.82) is 0 Å². The van der Waals surface area contributed by atoms with Crippen LogP contribution in [0.15, 0.2) is 4.60 Å². The number of nitrogens with zero attached hydrogens (tertiary/aromatic N) is 2. The monoisotopic (exact) mass is 272 g/mol. The van der Waals surface area contributed by atoms with E-state index >= 15 is 0 Å². The van der Waals surface area contributed by atoms with E-state index in [2.05, 4.69) is 25.5 Å². The molecule has 2 rings (SSSR count). The number of carboxylic acids is 1. The molecule has 2 heterocycles. The van der Waals surface area contributed by atoms with Crippen LogP contribution in [-0.2, 0) is 24.2 Å². The second-order valence-corrected chi connectivity index (χ2v) is 4.55. The van der Waals surface area contributed by atoms with E-state index in [1.807, 2.05) is 6.92 Å². The number of fused-ring (bicyclic) bond motifs is 1. The molecule has 82 valence electrons. The third-order valence-electron chi connectivity index (χ3n) is 2.86. The van der Waals surface area contributed by atoms with Crippen LogP contribution in [0.1, 0.15) is 24.9 Å². The number of aromatic nitrogens is 2. The number of rotatable bonds is 2. The van der Waals surface area contributed by atoms with Crippen molar-refractivity contribution in [2.24, 2.45) is 5.92 Å². The Hall–Kier alpha value is -0.840. The minimum atomic E-state index is -0.710. The molecule has 1 aliphatic rings. The van der Waals surface area contributed by atoms with E-state index in [1.165, 1.54) is 0 Å². The van der Waals surface area contributed by atoms with Crippen LogP contribution in [0.2, 0.25) is 0 Å². The van der Waals surface area contributed by atoms with Crippen LogP contribution in [0.3, 0.4) is 0 Å². The van der Waals surface area contributed by atoms with Crippen molar-refractivity contribution in [2.45, 2.75) is 32.7 Å². The molecule has 1 aromatic rings. The van der Waals surface area contributed by atoms with Gasteiger partial charge in [-0.1, -0.05) is 6.92 Å². The van der Waals surface area contributed by atoms with Crippen LogP contribution in [0, 0.1) is 5.92 Å². The number of hydrogen-bond acceptors (Lipinski definition) is 2. The first kappa shape index (κ1) is 10.7. The molecule has 0 bridgehead atoms. The van der Waals surface area contributed by atoms with Gasteiger partial charge in [0.05, 0.1) is 11.6 Å². The van der Waals surface area contributed by atoms with E-state index in [9.17, 15) is 4.79 Å². The Kier molecular flexibility index (Phi) is 2.82. The van der Waals surface area contributed by atoms with Gasteiger partial charge in [-0.15, -0.1) is 0 Å². The number of carboxylic acid groups (broad SMARTS) is 1. The van der Waals surface area contributed by atoms with Crippen molar-refractivity contribution in [2.75, 3.05) is 0 Å². The maximum absolute atomic E-state index is 10.9. The number of carbonyl (C=O) groups is 1. The zero-order chi connectivity index (χ0) is 11.0. The van der Waals surface area contributed by atoms with Crippen molar-refractivity contribution < 1.29 is 9.90 Å². The lowest BCUT2D eigenvalue weighted by Gasteiger charge is -2.20. The lowest BCUT2D eigenvalue weighted by atomic mass is 9.98. The molecule has 4 nitrogen and oxygen atoms in total. The number of imidazole rings is 1. The molecule has 1 aliphatic heterocycles. The van der Waals surface area contributed by atoms with Gasteiger partial charge in [0.1, 0.15) is 10.4 Å². The highest BCUT2D eigenvalue weighted by molar-refractivity contribution is 9.10. The van der Waals surface area contributed by atoms with Gasteiger partial charge < -0.3 is 9.67 Å². The van der Waals surface area contributed by atoms with Crippen molar-refractivity contribution in [1.82, 2.24) is 9.55 Å². The van der Waals surface area contributed by atoms with E-state index in [0.717, 1.165) is 29.1 Å². The summed E-state index contributed by atoms with van der Waals surface area (Å²) in [5, 5.41) is 8.95. The Morgan fingerprint density at radius 3 is 3.07 bits per heavy atom. The van der Waals surface area contributed by atoms with Gasteiger partial charge in [0, 0.05) is 13.0 Å². The van der Waals surface area contributed by atoms with Gasteiger partial charge in [0.25, 0.3) is 0 Å². The number of hydrogen-bond donors (Lipinski definition) is 1. The predicted molar refractivity (Wildman–Crippen MR) is 58.8 cm³/mol. The second-order valence-electron chi connectivity index (χ2n) is 3.80. The van der Waals surface area contributed by atoms with E-state index in [-0.39, 0.29) is 5.92 Å². The molecule has 0 amide bonds. The van der Waals surface area contributed by atoms with E-state index in [1.54, 1.807) is 0 Å². The molecule has 1 unspecified atom stereocenters. The maximum Gasteiger partial charge on any atom is 0.307 e. The van der Waals surface area contributed by atoms with Crippen LogP contribution < -0.4 is 0 Å². The average molecular weight is 273 g/mol. The molecule has 0 aromatic carbocycles. The van der Waals surface area contributed by atoms with Gasteiger partial charge in [-0.2, -0.15) is 0 Å². The average Bonchev–Trinajstić information content (AvgIpc) is 2.55. The minimum Gasteiger partial charge on any atom is -0.481 e. The van der Waals surface area contributed by atoms with E-state index in [0.29, 0.717) is 12.8 Å². The first-order valence-corrected chi connectivity index (χ1v) is 5.89. The highest BCUT2D eigenvalue weighted by Gasteiger charge is 2.27. The van der Waals surface area contributed by atoms with Gasteiger partial charge in [0.15, 0.2) is 0 Å². The summed E-state index contributed by atoms with van der Waals surface area (Å²) in [6, 6.07) is 0. The van der Waals surface area contributed by atoms with Crippen LogP contribution in [0.25, 0.3) is 0 Å². The molecule has 1 aromatic heterocycles. The van der Waals surface area contributed by atoms with Gasteiger partial charge in [0.2, 0.25) is 0 Å². The molecule has 0 saturated carbocycles. The number of aryl methyl sites for hydroxylation is 1.